The highest BCUT2D eigenvalue weighted by molar-refractivity contribution is 7.98. The Kier molecular flexibility index (Phi) is 5.62. The summed E-state index contributed by atoms with van der Waals surface area (Å²) in [5, 5.41) is 3.44. The molecular weight excluding hydrogens is 269 g/mol. The third-order valence-electron chi connectivity index (χ3n) is 3.35. The predicted octanol–water partition coefficient (Wildman–Crippen LogP) is 4.44. The second-order valence-corrected chi connectivity index (χ2v) is 5.56. The maximum absolute atomic E-state index is 13.8. The topological polar surface area (TPSA) is 12.0 Å². The predicted molar refractivity (Wildman–Crippen MR) is 84.7 cm³/mol. The number of thioether (sulfide) groups is 1. The minimum absolute atomic E-state index is 0.129. The van der Waals surface area contributed by atoms with Crippen molar-refractivity contribution in [1.82, 2.24) is 5.32 Å². The van der Waals surface area contributed by atoms with E-state index < -0.39 is 0 Å². The molecule has 1 atom stereocenters. The SMILES string of the molecule is CCNC(Cc1ccccc1F)c1ccc(SC)cc1. The summed E-state index contributed by atoms with van der Waals surface area (Å²) in [5.74, 6) is -0.129. The number of rotatable bonds is 6. The Morgan fingerprint density at radius 2 is 1.80 bits per heavy atom. The lowest BCUT2D eigenvalue weighted by atomic mass is 9.98. The number of halogens is 1. The third kappa shape index (κ3) is 3.84. The highest BCUT2D eigenvalue weighted by atomic mass is 32.2. The van der Waals surface area contributed by atoms with Crippen molar-refractivity contribution < 1.29 is 4.39 Å². The van der Waals surface area contributed by atoms with Crippen LogP contribution in [0.1, 0.15) is 24.1 Å². The quantitative estimate of drug-likeness (QED) is 0.789. The maximum Gasteiger partial charge on any atom is 0.126 e. The van der Waals surface area contributed by atoms with Crippen LogP contribution in [0.25, 0.3) is 0 Å². The molecule has 2 aromatic rings. The summed E-state index contributed by atoms with van der Waals surface area (Å²) >= 11 is 1.73. The van der Waals surface area contributed by atoms with Crippen molar-refractivity contribution in [2.75, 3.05) is 12.8 Å². The standard InChI is InChI=1S/C17H20FNS/c1-3-19-17(12-14-6-4-5-7-16(14)18)13-8-10-15(20-2)11-9-13/h4-11,17,19H,3,12H2,1-2H3. The van der Waals surface area contributed by atoms with Crippen molar-refractivity contribution in [3.8, 4) is 0 Å². The van der Waals surface area contributed by atoms with Gasteiger partial charge >= 0.3 is 0 Å². The van der Waals surface area contributed by atoms with Gasteiger partial charge in [-0.05, 0) is 48.5 Å². The lowest BCUT2D eigenvalue weighted by molar-refractivity contribution is 0.528. The molecule has 106 valence electrons. The molecule has 0 spiro atoms. The van der Waals surface area contributed by atoms with Gasteiger partial charge in [0.2, 0.25) is 0 Å². The van der Waals surface area contributed by atoms with Crippen molar-refractivity contribution in [1.29, 1.82) is 0 Å². The third-order valence-corrected chi connectivity index (χ3v) is 4.09. The molecule has 20 heavy (non-hydrogen) atoms. The average Bonchev–Trinajstić information content (AvgIpc) is 2.49. The Hall–Kier alpha value is -1.32. The van der Waals surface area contributed by atoms with Crippen LogP contribution >= 0.6 is 11.8 Å². The van der Waals surface area contributed by atoms with E-state index in [1.165, 1.54) is 16.5 Å². The van der Waals surface area contributed by atoms with Crippen molar-refractivity contribution in [3.05, 3.63) is 65.5 Å². The fraction of sp³-hybridized carbons (Fsp3) is 0.294. The molecule has 2 aromatic carbocycles. The summed E-state index contributed by atoms with van der Waals surface area (Å²) in [6.45, 7) is 2.94. The number of benzene rings is 2. The van der Waals surface area contributed by atoms with Gasteiger partial charge in [-0.3, -0.25) is 0 Å². The fourth-order valence-corrected chi connectivity index (χ4v) is 2.68. The first-order valence-corrected chi connectivity index (χ1v) is 8.07. The zero-order valence-corrected chi connectivity index (χ0v) is 12.7. The molecule has 2 rings (SSSR count). The molecule has 0 fully saturated rings. The second-order valence-electron chi connectivity index (χ2n) is 4.68. The molecule has 0 bridgehead atoms. The van der Waals surface area contributed by atoms with Crippen molar-refractivity contribution in [2.24, 2.45) is 0 Å². The van der Waals surface area contributed by atoms with Crippen LogP contribution in [0.3, 0.4) is 0 Å². The van der Waals surface area contributed by atoms with Gasteiger partial charge in [-0.15, -0.1) is 11.8 Å². The molecule has 0 amide bonds. The molecule has 0 aliphatic heterocycles. The Labute approximate surface area is 124 Å². The van der Waals surface area contributed by atoms with Crippen molar-refractivity contribution >= 4 is 11.8 Å². The molecule has 0 aliphatic rings. The zero-order chi connectivity index (χ0) is 14.4. The average molecular weight is 289 g/mol. The Balaban J connectivity index is 2.19. The van der Waals surface area contributed by atoms with Gasteiger partial charge in [-0.25, -0.2) is 4.39 Å². The zero-order valence-electron chi connectivity index (χ0n) is 11.9. The molecule has 0 saturated heterocycles. The Bertz CT molecular complexity index is 539. The van der Waals surface area contributed by atoms with Gasteiger partial charge in [-0.2, -0.15) is 0 Å². The number of likely N-dealkylation sites (N-methyl/N-ethyl adjacent to an activating group) is 1. The largest absolute Gasteiger partial charge is 0.310 e. The lowest BCUT2D eigenvalue weighted by Crippen LogP contribution is -2.23. The van der Waals surface area contributed by atoms with Gasteiger partial charge in [0.05, 0.1) is 0 Å². The van der Waals surface area contributed by atoms with Crippen LogP contribution in [0.15, 0.2) is 53.4 Å². The summed E-state index contributed by atoms with van der Waals surface area (Å²) in [4.78, 5) is 1.25. The molecular formula is C17H20FNS. The van der Waals surface area contributed by atoms with Gasteiger partial charge in [-0.1, -0.05) is 37.3 Å². The van der Waals surface area contributed by atoms with Crippen LogP contribution in [-0.4, -0.2) is 12.8 Å². The first kappa shape index (κ1) is 15.1. The van der Waals surface area contributed by atoms with Crippen LogP contribution in [-0.2, 0) is 6.42 Å². The Morgan fingerprint density at radius 3 is 2.40 bits per heavy atom. The highest BCUT2D eigenvalue weighted by Gasteiger charge is 2.13. The monoisotopic (exact) mass is 289 g/mol. The van der Waals surface area contributed by atoms with E-state index in [1.807, 2.05) is 12.1 Å². The van der Waals surface area contributed by atoms with Gasteiger partial charge in [0.25, 0.3) is 0 Å². The second kappa shape index (κ2) is 7.46. The van der Waals surface area contributed by atoms with Gasteiger partial charge in [0.1, 0.15) is 5.82 Å². The summed E-state index contributed by atoms with van der Waals surface area (Å²) in [6.07, 6.45) is 2.73. The fourth-order valence-electron chi connectivity index (χ4n) is 2.27. The van der Waals surface area contributed by atoms with E-state index in [0.29, 0.717) is 6.42 Å². The van der Waals surface area contributed by atoms with Crippen LogP contribution < -0.4 is 5.32 Å². The molecule has 1 unspecified atom stereocenters. The molecule has 0 radical (unpaired) electrons. The van der Waals surface area contributed by atoms with Crippen LogP contribution in [0.4, 0.5) is 4.39 Å². The van der Waals surface area contributed by atoms with Crippen LogP contribution in [0.2, 0.25) is 0 Å². The van der Waals surface area contributed by atoms with E-state index in [9.17, 15) is 4.39 Å². The van der Waals surface area contributed by atoms with E-state index in [1.54, 1.807) is 17.8 Å². The lowest BCUT2D eigenvalue weighted by Gasteiger charge is -2.19. The van der Waals surface area contributed by atoms with Gasteiger partial charge in [0, 0.05) is 10.9 Å². The highest BCUT2D eigenvalue weighted by Crippen LogP contribution is 2.23. The summed E-state index contributed by atoms with van der Waals surface area (Å²) in [5.41, 5.74) is 1.96. The van der Waals surface area contributed by atoms with Crippen molar-refractivity contribution in [3.63, 3.8) is 0 Å². The minimum Gasteiger partial charge on any atom is -0.310 e. The van der Waals surface area contributed by atoms with E-state index in [-0.39, 0.29) is 11.9 Å². The maximum atomic E-state index is 13.8. The molecule has 1 N–H and O–H groups in total. The van der Waals surface area contributed by atoms with E-state index in [2.05, 4.69) is 42.8 Å². The number of hydrogen-bond acceptors (Lipinski definition) is 2. The van der Waals surface area contributed by atoms with E-state index in [4.69, 9.17) is 0 Å². The smallest absolute Gasteiger partial charge is 0.126 e. The summed E-state index contributed by atoms with van der Waals surface area (Å²) < 4.78 is 13.8. The molecule has 0 aromatic heterocycles. The molecule has 0 aliphatic carbocycles. The van der Waals surface area contributed by atoms with E-state index in [0.717, 1.165) is 12.1 Å². The molecule has 3 heteroatoms. The van der Waals surface area contributed by atoms with Crippen LogP contribution in [0.5, 0.6) is 0 Å². The molecule has 0 heterocycles. The molecule has 1 nitrogen and oxygen atoms in total. The Morgan fingerprint density at radius 1 is 1.10 bits per heavy atom. The minimum atomic E-state index is -0.129. The number of nitrogens with one attached hydrogen (secondary N) is 1. The van der Waals surface area contributed by atoms with E-state index >= 15 is 0 Å². The summed E-state index contributed by atoms with van der Waals surface area (Å²) in [6, 6.07) is 15.6. The summed E-state index contributed by atoms with van der Waals surface area (Å²) in [7, 11) is 0. The van der Waals surface area contributed by atoms with Gasteiger partial charge < -0.3 is 5.32 Å². The van der Waals surface area contributed by atoms with Crippen molar-refractivity contribution in [2.45, 2.75) is 24.3 Å². The number of hydrogen-bond donors (Lipinski definition) is 1. The van der Waals surface area contributed by atoms with Gasteiger partial charge in [0.15, 0.2) is 0 Å². The molecule has 0 saturated carbocycles. The first-order chi connectivity index (χ1) is 9.74. The normalized spacial score (nSPS) is 12.3. The first-order valence-electron chi connectivity index (χ1n) is 6.85. The van der Waals surface area contributed by atoms with Crippen LogP contribution in [0, 0.1) is 5.82 Å².